The molecule has 2 aromatic rings. The molecule has 1 aliphatic heterocycles. The molecule has 0 bridgehead atoms. The fourth-order valence-electron chi connectivity index (χ4n) is 4.54. The van der Waals surface area contributed by atoms with Gasteiger partial charge < -0.3 is 28.9 Å². The number of nitrogens with zero attached hydrogens (tertiary/aromatic N) is 4. The van der Waals surface area contributed by atoms with E-state index in [4.69, 9.17) is 9.47 Å². The number of hydrogen-bond acceptors (Lipinski definition) is 8. The van der Waals surface area contributed by atoms with Crippen molar-refractivity contribution >= 4 is 21.6 Å². The summed E-state index contributed by atoms with van der Waals surface area (Å²) in [6, 6.07) is 4.21. The number of ether oxygens (including phenoxy) is 2. The number of aliphatic hydroxyl groups is 1. The molecule has 12 heteroatoms. The summed E-state index contributed by atoms with van der Waals surface area (Å²) >= 11 is 0. The zero-order chi connectivity index (χ0) is 28.7. The SMILES string of the molecule is C[C@H]1CCCCO[C@@H](CN(C)C)[C@@H](C)CN([C@@H](C)CO)C(=O)c2cc(NS(=O)(=O)c3cn(C)cn3)ccc2O1. The molecule has 0 unspecified atom stereocenters. The summed E-state index contributed by atoms with van der Waals surface area (Å²) in [4.78, 5) is 21.7. The van der Waals surface area contributed by atoms with E-state index < -0.39 is 16.1 Å². The van der Waals surface area contributed by atoms with Gasteiger partial charge in [-0.15, -0.1) is 0 Å². The van der Waals surface area contributed by atoms with Crippen molar-refractivity contribution in [3.05, 3.63) is 36.3 Å². The molecule has 0 saturated carbocycles. The summed E-state index contributed by atoms with van der Waals surface area (Å²) in [5.41, 5.74) is 0.432. The van der Waals surface area contributed by atoms with Crippen LogP contribution in [0.15, 0.2) is 35.7 Å². The molecule has 1 aromatic carbocycles. The predicted molar refractivity (Wildman–Crippen MR) is 149 cm³/mol. The number of fused-ring (bicyclic) bond motifs is 1. The molecule has 39 heavy (non-hydrogen) atoms. The summed E-state index contributed by atoms with van der Waals surface area (Å²) in [5.74, 6) is -0.0122. The molecule has 1 aromatic heterocycles. The molecule has 3 rings (SSSR count). The molecule has 0 saturated heterocycles. The first-order valence-corrected chi connectivity index (χ1v) is 14.9. The topological polar surface area (TPSA) is 126 Å². The van der Waals surface area contributed by atoms with Crippen LogP contribution < -0.4 is 9.46 Å². The molecular weight excluding hydrogens is 522 g/mol. The molecule has 218 valence electrons. The van der Waals surface area contributed by atoms with Gasteiger partial charge in [-0.2, -0.15) is 8.42 Å². The standard InChI is InChI=1S/C27H43N5O6S/c1-19-14-32(20(2)17-33)27(34)23-13-22(29-39(35,36)26-16-31(6)18-28-26)10-11-24(23)38-21(3)9-7-8-12-37-25(19)15-30(4)5/h10-11,13,16,18-21,25,29,33H,7-9,12,14-15,17H2,1-6H3/t19-,20-,21-,25-/m0/s1. The summed E-state index contributed by atoms with van der Waals surface area (Å²) in [6.07, 6.45) is 5.10. The Kier molecular flexibility index (Phi) is 10.8. The Labute approximate surface area is 232 Å². The maximum atomic E-state index is 14.1. The Balaban J connectivity index is 2.02. The number of anilines is 1. The first-order chi connectivity index (χ1) is 18.4. The lowest BCUT2D eigenvalue weighted by Gasteiger charge is -2.35. The lowest BCUT2D eigenvalue weighted by Crippen LogP contribution is -2.47. The van der Waals surface area contributed by atoms with Crippen LogP contribution in [-0.2, 0) is 21.8 Å². The van der Waals surface area contributed by atoms with E-state index in [2.05, 4.69) is 14.6 Å². The highest BCUT2D eigenvalue weighted by Crippen LogP contribution is 2.29. The number of aliphatic hydroxyl groups excluding tert-OH is 1. The average Bonchev–Trinajstić information content (AvgIpc) is 3.32. The van der Waals surface area contributed by atoms with E-state index in [1.54, 1.807) is 35.6 Å². The third kappa shape index (κ3) is 8.41. The second-order valence-electron chi connectivity index (χ2n) is 10.8. The number of likely N-dealkylation sites (N-methyl/N-ethyl adjacent to an activating group) is 1. The number of sulfonamides is 1. The number of aromatic nitrogens is 2. The summed E-state index contributed by atoms with van der Waals surface area (Å²) in [7, 11) is 1.69. The molecular formula is C27H43N5O6S. The lowest BCUT2D eigenvalue weighted by atomic mass is 10.0. The molecule has 11 nitrogen and oxygen atoms in total. The lowest BCUT2D eigenvalue weighted by molar-refractivity contribution is -0.0137. The Bertz CT molecular complexity index is 1200. The van der Waals surface area contributed by atoms with Crippen LogP contribution in [0.25, 0.3) is 0 Å². The van der Waals surface area contributed by atoms with Gasteiger partial charge in [0.2, 0.25) is 0 Å². The van der Waals surface area contributed by atoms with Crippen molar-refractivity contribution in [1.82, 2.24) is 19.4 Å². The number of nitrogens with one attached hydrogen (secondary N) is 1. The van der Waals surface area contributed by atoms with Crippen molar-refractivity contribution in [3.63, 3.8) is 0 Å². The zero-order valence-electron chi connectivity index (χ0n) is 23.8. The second kappa shape index (κ2) is 13.6. The van der Waals surface area contributed by atoms with Gasteiger partial charge in [0.25, 0.3) is 15.9 Å². The minimum atomic E-state index is -3.97. The van der Waals surface area contributed by atoms with E-state index in [-0.39, 0.29) is 46.9 Å². The van der Waals surface area contributed by atoms with E-state index in [0.717, 1.165) is 19.3 Å². The highest BCUT2D eigenvalue weighted by atomic mass is 32.2. The quantitative estimate of drug-likeness (QED) is 0.525. The second-order valence-corrected chi connectivity index (χ2v) is 12.4. The van der Waals surface area contributed by atoms with Crippen molar-refractivity contribution < 1.29 is 27.8 Å². The van der Waals surface area contributed by atoms with E-state index in [1.165, 1.54) is 18.6 Å². The summed E-state index contributed by atoms with van der Waals surface area (Å²) in [6.45, 7) is 7.22. The number of amides is 1. The summed E-state index contributed by atoms with van der Waals surface area (Å²) in [5, 5.41) is 9.91. The number of carbonyl (C=O) groups excluding carboxylic acids is 1. The molecule has 0 aliphatic carbocycles. The van der Waals surface area contributed by atoms with Crippen LogP contribution in [0.2, 0.25) is 0 Å². The maximum absolute atomic E-state index is 14.1. The zero-order valence-corrected chi connectivity index (χ0v) is 24.6. The van der Waals surface area contributed by atoms with Crippen LogP contribution in [0.3, 0.4) is 0 Å². The van der Waals surface area contributed by atoms with Crippen molar-refractivity contribution in [2.24, 2.45) is 13.0 Å². The Morgan fingerprint density at radius 1 is 1.26 bits per heavy atom. The molecule has 2 heterocycles. The van der Waals surface area contributed by atoms with Gasteiger partial charge in [-0.05, 0) is 65.4 Å². The first-order valence-electron chi connectivity index (χ1n) is 13.4. The van der Waals surface area contributed by atoms with Gasteiger partial charge >= 0.3 is 0 Å². The van der Waals surface area contributed by atoms with Crippen LogP contribution >= 0.6 is 0 Å². The van der Waals surface area contributed by atoms with Gasteiger partial charge in [-0.1, -0.05) is 6.92 Å². The molecule has 0 spiro atoms. The number of hydrogen-bond donors (Lipinski definition) is 2. The third-order valence-corrected chi connectivity index (χ3v) is 8.07. The minimum absolute atomic E-state index is 0.0255. The third-order valence-electron chi connectivity index (χ3n) is 6.81. The van der Waals surface area contributed by atoms with Crippen LogP contribution in [0, 0.1) is 5.92 Å². The molecule has 0 radical (unpaired) electrons. The van der Waals surface area contributed by atoms with E-state index in [9.17, 15) is 18.3 Å². The Morgan fingerprint density at radius 2 is 2.00 bits per heavy atom. The Morgan fingerprint density at radius 3 is 2.64 bits per heavy atom. The van der Waals surface area contributed by atoms with Gasteiger partial charge in [-0.25, -0.2) is 4.98 Å². The number of carbonyl (C=O) groups is 1. The average molecular weight is 566 g/mol. The smallest absolute Gasteiger partial charge is 0.280 e. The fourth-order valence-corrected chi connectivity index (χ4v) is 5.58. The number of imidazole rings is 1. The van der Waals surface area contributed by atoms with Gasteiger partial charge in [0.15, 0.2) is 5.03 Å². The summed E-state index contributed by atoms with van der Waals surface area (Å²) < 4.78 is 42.4. The van der Waals surface area contributed by atoms with Gasteiger partial charge in [0, 0.05) is 44.5 Å². The molecule has 0 fully saturated rings. The van der Waals surface area contributed by atoms with Crippen molar-refractivity contribution in [2.75, 3.05) is 45.1 Å². The van der Waals surface area contributed by atoms with E-state index in [1.807, 2.05) is 27.9 Å². The van der Waals surface area contributed by atoms with Crippen molar-refractivity contribution in [1.29, 1.82) is 0 Å². The molecule has 1 amide bonds. The van der Waals surface area contributed by atoms with Crippen LogP contribution in [0.4, 0.5) is 5.69 Å². The number of rotatable bonds is 7. The normalized spacial score (nSPS) is 22.6. The van der Waals surface area contributed by atoms with Crippen molar-refractivity contribution in [3.8, 4) is 5.75 Å². The van der Waals surface area contributed by atoms with Gasteiger partial charge in [-0.3, -0.25) is 9.52 Å². The molecule has 2 N–H and O–H groups in total. The Hall–Kier alpha value is -2.67. The highest BCUT2D eigenvalue weighted by molar-refractivity contribution is 7.92. The molecule has 1 aliphatic rings. The number of benzene rings is 1. The van der Waals surface area contributed by atoms with Crippen LogP contribution in [-0.4, -0.2) is 97.4 Å². The van der Waals surface area contributed by atoms with Crippen LogP contribution in [0.5, 0.6) is 5.75 Å². The van der Waals surface area contributed by atoms with Gasteiger partial charge in [0.1, 0.15) is 5.75 Å². The van der Waals surface area contributed by atoms with Gasteiger partial charge in [0.05, 0.1) is 36.7 Å². The first kappa shape index (κ1) is 30.9. The van der Waals surface area contributed by atoms with Crippen molar-refractivity contribution in [2.45, 2.75) is 63.3 Å². The number of aryl methyl sites for hydroxylation is 1. The largest absolute Gasteiger partial charge is 0.490 e. The minimum Gasteiger partial charge on any atom is -0.490 e. The fraction of sp³-hybridized carbons (Fsp3) is 0.630. The predicted octanol–water partition coefficient (Wildman–Crippen LogP) is 2.58. The van der Waals surface area contributed by atoms with E-state index >= 15 is 0 Å². The van der Waals surface area contributed by atoms with E-state index in [0.29, 0.717) is 25.4 Å². The highest BCUT2D eigenvalue weighted by Gasteiger charge is 2.30. The monoisotopic (exact) mass is 565 g/mol. The van der Waals surface area contributed by atoms with Crippen LogP contribution in [0.1, 0.15) is 50.4 Å². The maximum Gasteiger partial charge on any atom is 0.280 e. The molecule has 4 atom stereocenters.